The highest BCUT2D eigenvalue weighted by Crippen LogP contribution is 2.33. The Bertz CT molecular complexity index is 506. The minimum absolute atomic E-state index is 0.0239. The molecule has 1 fully saturated rings. The van der Waals surface area contributed by atoms with Gasteiger partial charge in [-0.25, -0.2) is 0 Å². The summed E-state index contributed by atoms with van der Waals surface area (Å²) in [6.07, 6.45) is 11.8. The number of rotatable bonds is 12. The highest BCUT2D eigenvalue weighted by Gasteiger charge is 2.39. The first kappa shape index (κ1) is 21.3. The summed E-state index contributed by atoms with van der Waals surface area (Å²) in [5.41, 5.74) is 0. The lowest BCUT2D eigenvalue weighted by Gasteiger charge is -2.15. The van der Waals surface area contributed by atoms with Gasteiger partial charge in [-0.15, -0.1) is 0 Å². The van der Waals surface area contributed by atoms with Crippen LogP contribution < -0.4 is 0 Å². The molecule has 1 rings (SSSR count). The maximum absolute atomic E-state index is 12.1. The summed E-state index contributed by atoms with van der Waals surface area (Å²) in [4.78, 5) is 34.4. The zero-order chi connectivity index (χ0) is 18.7. The molecule has 1 aliphatic rings. The fourth-order valence-corrected chi connectivity index (χ4v) is 3.11. The van der Waals surface area contributed by atoms with Crippen molar-refractivity contribution in [2.75, 3.05) is 0 Å². The molecule has 0 spiro atoms. The predicted molar refractivity (Wildman–Crippen MR) is 96.1 cm³/mol. The van der Waals surface area contributed by atoms with Crippen molar-refractivity contribution in [3.05, 3.63) is 24.3 Å². The van der Waals surface area contributed by atoms with Gasteiger partial charge < -0.3 is 10.2 Å². The Morgan fingerprint density at radius 3 is 2.60 bits per heavy atom. The summed E-state index contributed by atoms with van der Waals surface area (Å²) in [5.74, 6) is -1.35. The number of ketones is 2. The van der Waals surface area contributed by atoms with E-state index in [0.29, 0.717) is 25.7 Å². The second kappa shape index (κ2) is 11.7. The molecule has 0 radical (unpaired) electrons. The Hall–Kier alpha value is -1.75. The van der Waals surface area contributed by atoms with Gasteiger partial charge in [-0.2, -0.15) is 0 Å². The number of allylic oxidation sites excluding steroid dienone is 3. The summed E-state index contributed by atoms with van der Waals surface area (Å²) >= 11 is 0. The molecule has 0 heterocycles. The summed E-state index contributed by atoms with van der Waals surface area (Å²) < 4.78 is 0. The average Bonchev–Trinajstić information content (AvgIpc) is 2.82. The number of aliphatic carboxylic acids is 1. The van der Waals surface area contributed by atoms with E-state index in [-0.39, 0.29) is 36.2 Å². The van der Waals surface area contributed by atoms with Gasteiger partial charge in [0, 0.05) is 31.1 Å². The van der Waals surface area contributed by atoms with Gasteiger partial charge in [0.15, 0.2) is 5.78 Å². The number of hydrogen-bond donors (Lipinski definition) is 2. The highest BCUT2D eigenvalue weighted by molar-refractivity contribution is 5.90. The molecular weight excluding hydrogens is 320 g/mol. The molecule has 0 aromatic heterocycles. The van der Waals surface area contributed by atoms with E-state index in [9.17, 15) is 19.5 Å². The van der Waals surface area contributed by atoms with Crippen molar-refractivity contribution in [1.29, 1.82) is 0 Å². The van der Waals surface area contributed by atoms with Gasteiger partial charge in [-0.3, -0.25) is 14.4 Å². The summed E-state index contributed by atoms with van der Waals surface area (Å²) in [6, 6.07) is 0. The van der Waals surface area contributed by atoms with Crippen LogP contribution in [0.3, 0.4) is 0 Å². The lowest BCUT2D eigenvalue weighted by molar-refractivity contribution is -0.137. The lowest BCUT2D eigenvalue weighted by atomic mass is 9.90. The first-order valence-electron chi connectivity index (χ1n) is 9.24. The number of unbranched alkanes of at least 4 members (excludes halogenated alkanes) is 3. The fraction of sp³-hybridized carbons (Fsp3) is 0.650. The van der Waals surface area contributed by atoms with Crippen molar-refractivity contribution >= 4 is 17.5 Å². The number of Topliss-reactive ketones (excluding diaryl/α,β-unsaturated/α-hetero) is 1. The Balaban J connectivity index is 2.49. The fourth-order valence-electron chi connectivity index (χ4n) is 3.11. The van der Waals surface area contributed by atoms with Gasteiger partial charge >= 0.3 is 5.97 Å². The molecule has 25 heavy (non-hydrogen) atoms. The van der Waals surface area contributed by atoms with Crippen molar-refractivity contribution in [3.63, 3.8) is 0 Å². The van der Waals surface area contributed by atoms with Crippen LogP contribution in [0.15, 0.2) is 24.3 Å². The van der Waals surface area contributed by atoms with Gasteiger partial charge in [-0.05, 0) is 31.8 Å². The Labute approximate surface area is 149 Å². The Kier molecular flexibility index (Phi) is 10.0. The van der Waals surface area contributed by atoms with Crippen LogP contribution in [-0.2, 0) is 14.4 Å². The topological polar surface area (TPSA) is 91.7 Å². The molecule has 0 aliphatic heterocycles. The molecule has 5 heteroatoms. The number of aliphatic hydroxyl groups excluding tert-OH is 1. The van der Waals surface area contributed by atoms with Gasteiger partial charge in [-0.1, -0.05) is 38.0 Å². The molecule has 5 nitrogen and oxygen atoms in total. The molecule has 0 bridgehead atoms. The van der Waals surface area contributed by atoms with E-state index in [0.717, 1.165) is 19.3 Å². The number of carboxylic acid groups (broad SMARTS) is 1. The first-order chi connectivity index (χ1) is 12.0. The average molecular weight is 350 g/mol. The number of carbonyl (C=O) groups is 3. The van der Waals surface area contributed by atoms with Crippen LogP contribution in [0, 0.1) is 11.8 Å². The SMILES string of the molecule is CCCCCC(=O)/C=C/[C@@H]1[C@H](O)CC(=O)[C@@H]1C/C=C\CCCC(=O)O. The minimum atomic E-state index is -0.809. The lowest BCUT2D eigenvalue weighted by Crippen LogP contribution is -2.18. The summed E-state index contributed by atoms with van der Waals surface area (Å²) in [5, 5.41) is 18.7. The first-order valence-corrected chi connectivity index (χ1v) is 9.24. The second-order valence-corrected chi connectivity index (χ2v) is 6.70. The van der Waals surface area contributed by atoms with Gasteiger partial charge in [0.25, 0.3) is 0 Å². The van der Waals surface area contributed by atoms with Crippen LogP contribution >= 0.6 is 0 Å². The maximum atomic E-state index is 12.1. The zero-order valence-corrected chi connectivity index (χ0v) is 15.0. The molecule has 1 aliphatic carbocycles. The van der Waals surface area contributed by atoms with Gasteiger partial charge in [0.05, 0.1) is 6.10 Å². The standard InChI is InChI=1S/C20H30O5/c1-2-3-6-9-15(21)12-13-17-16(18(22)14-19(17)23)10-7-4-5-8-11-20(24)25/h4,7,12-13,16-17,19,23H,2-3,5-6,8-11,14H2,1H3,(H,24,25)/b7-4-,13-12+/t16-,17+,19-/m1/s1. The number of hydrogen-bond acceptors (Lipinski definition) is 4. The third-order valence-corrected chi connectivity index (χ3v) is 4.58. The molecule has 0 unspecified atom stereocenters. The molecule has 3 atom stereocenters. The highest BCUT2D eigenvalue weighted by atomic mass is 16.4. The van der Waals surface area contributed by atoms with E-state index < -0.39 is 12.1 Å². The van der Waals surface area contributed by atoms with Crippen LogP contribution in [-0.4, -0.2) is 33.9 Å². The molecular formula is C20H30O5. The second-order valence-electron chi connectivity index (χ2n) is 6.70. The molecule has 2 N–H and O–H groups in total. The van der Waals surface area contributed by atoms with Crippen molar-refractivity contribution in [2.45, 2.75) is 70.8 Å². The minimum Gasteiger partial charge on any atom is -0.481 e. The van der Waals surface area contributed by atoms with Crippen LogP contribution in [0.25, 0.3) is 0 Å². The molecule has 0 saturated heterocycles. The Morgan fingerprint density at radius 1 is 1.16 bits per heavy atom. The summed E-state index contributed by atoms with van der Waals surface area (Å²) in [7, 11) is 0. The van der Waals surface area contributed by atoms with E-state index in [1.807, 2.05) is 12.2 Å². The van der Waals surface area contributed by atoms with Crippen molar-refractivity contribution < 1.29 is 24.6 Å². The molecule has 0 aromatic rings. The van der Waals surface area contributed by atoms with E-state index in [2.05, 4.69) is 6.92 Å². The van der Waals surface area contributed by atoms with Crippen molar-refractivity contribution in [1.82, 2.24) is 0 Å². The van der Waals surface area contributed by atoms with Gasteiger partial charge in [0.2, 0.25) is 0 Å². The Morgan fingerprint density at radius 2 is 1.92 bits per heavy atom. The van der Waals surface area contributed by atoms with E-state index in [4.69, 9.17) is 5.11 Å². The van der Waals surface area contributed by atoms with E-state index in [1.165, 1.54) is 6.08 Å². The van der Waals surface area contributed by atoms with Crippen LogP contribution in [0.2, 0.25) is 0 Å². The largest absolute Gasteiger partial charge is 0.481 e. The van der Waals surface area contributed by atoms with Crippen LogP contribution in [0.1, 0.15) is 64.7 Å². The molecule has 0 aromatic carbocycles. The van der Waals surface area contributed by atoms with E-state index in [1.54, 1.807) is 6.08 Å². The molecule has 1 saturated carbocycles. The monoisotopic (exact) mass is 350 g/mol. The molecule has 0 amide bonds. The van der Waals surface area contributed by atoms with Crippen molar-refractivity contribution in [3.8, 4) is 0 Å². The summed E-state index contributed by atoms with van der Waals surface area (Å²) in [6.45, 7) is 2.08. The van der Waals surface area contributed by atoms with Gasteiger partial charge in [0.1, 0.15) is 5.78 Å². The normalized spacial score (nSPS) is 23.8. The molecule has 140 valence electrons. The number of aliphatic hydroxyl groups is 1. The number of carbonyl (C=O) groups excluding carboxylic acids is 2. The smallest absolute Gasteiger partial charge is 0.303 e. The van der Waals surface area contributed by atoms with Crippen LogP contribution in [0.4, 0.5) is 0 Å². The third kappa shape index (κ3) is 8.25. The number of carboxylic acids is 1. The zero-order valence-electron chi connectivity index (χ0n) is 15.0. The third-order valence-electron chi connectivity index (χ3n) is 4.58. The van der Waals surface area contributed by atoms with E-state index >= 15 is 0 Å². The quantitative estimate of drug-likeness (QED) is 0.319. The maximum Gasteiger partial charge on any atom is 0.303 e. The predicted octanol–water partition coefficient (Wildman–Crippen LogP) is 3.46. The van der Waals surface area contributed by atoms with Crippen molar-refractivity contribution in [2.24, 2.45) is 11.8 Å². The van der Waals surface area contributed by atoms with Crippen LogP contribution in [0.5, 0.6) is 0 Å².